The number of ether oxygens (including phenoxy) is 1. The van der Waals surface area contributed by atoms with E-state index in [1.165, 1.54) is 0 Å². The Morgan fingerprint density at radius 2 is 1.70 bits per heavy atom. The molecule has 0 aromatic heterocycles. The standard InChI is InChI=1S/C27H29NO5/c1-18-11-13-19(14-12-18)28-26(32)33-25(27(2,3)17-7-6-10-24(30)31)22-15-16-23(29)21-9-5-4-8-20(21)22/h4-6,8-16,25,29H,7,17H2,1-3H3,(H,28,32)(H,30,31)/b10-6+/t25-/m1/s1. The first-order valence-electron chi connectivity index (χ1n) is 10.8. The van der Waals surface area contributed by atoms with Gasteiger partial charge in [-0.15, -0.1) is 0 Å². The number of phenolic OH excluding ortho intramolecular Hbond substituents is 1. The Bertz CT molecular complexity index is 1160. The van der Waals surface area contributed by atoms with Gasteiger partial charge in [0.05, 0.1) is 0 Å². The lowest BCUT2D eigenvalue weighted by Crippen LogP contribution is -2.29. The van der Waals surface area contributed by atoms with Crippen LogP contribution in [0.15, 0.2) is 72.8 Å². The third kappa shape index (κ3) is 6.13. The maximum absolute atomic E-state index is 12.9. The molecular formula is C27H29NO5. The zero-order valence-electron chi connectivity index (χ0n) is 19.0. The predicted octanol–water partition coefficient (Wildman–Crippen LogP) is 6.59. The molecule has 0 fully saturated rings. The highest BCUT2D eigenvalue weighted by Crippen LogP contribution is 2.44. The van der Waals surface area contributed by atoms with Crippen LogP contribution >= 0.6 is 0 Å². The van der Waals surface area contributed by atoms with Crippen molar-refractivity contribution in [3.63, 3.8) is 0 Å². The molecule has 33 heavy (non-hydrogen) atoms. The molecule has 3 aromatic carbocycles. The van der Waals surface area contributed by atoms with Crippen molar-refractivity contribution in [3.05, 3.63) is 83.9 Å². The van der Waals surface area contributed by atoms with Crippen LogP contribution in [0.25, 0.3) is 10.8 Å². The number of amides is 1. The van der Waals surface area contributed by atoms with Crippen molar-refractivity contribution >= 4 is 28.5 Å². The van der Waals surface area contributed by atoms with Crippen LogP contribution in [0.5, 0.6) is 5.75 Å². The van der Waals surface area contributed by atoms with E-state index < -0.39 is 23.6 Å². The largest absolute Gasteiger partial charge is 0.507 e. The number of aryl methyl sites for hydroxylation is 1. The summed E-state index contributed by atoms with van der Waals surface area (Å²) in [6.07, 6.45) is 2.57. The first-order valence-corrected chi connectivity index (χ1v) is 10.8. The molecule has 0 unspecified atom stereocenters. The number of fused-ring (bicyclic) bond motifs is 1. The van der Waals surface area contributed by atoms with Crippen molar-refractivity contribution in [3.8, 4) is 5.75 Å². The van der Waals surface area contributed by atoms with E-state index in [1.54, 1.807) is 18.2 Å². The Morgan fingerprint density at radius 1 is 1.03 bits per heavy atom. The summed E-state index contributed by atoms with van der Waals surface area (Å²) in [6, 6.07) is 18.2. The van der Waals surface area contributed by atoms with Crippen molar-refractivity contribution in [2.75, 3.05) is 5.32 Å². The van der Waals surface area contributed by atoms with Gasteiger partial charge in [-0.05, 0) is 43.4 Å². The average molecular weight is 448 g/mol. The lowest BCUT2D eigenvalue weighted by atomic mass is 9.77. The van der Waals surface area contributed by atoms with Gasteiger partial charge >= 0.3 is 12.1 Å². The van der Waals surface area contributed by atoms with Crippen molar-refractivity contribution in [1.82, 2.24) is 0 Å². The molecule has 172 valence electrons. The van der Waals surface area contributed by atoms with Gasteiger partial charge in [-0.3, -0.25) is 5.32 Å². The smallest absolute Gasteiger partial charge is 0.412 e. The fourth-order valence-electron chi connectivity index (χ4n) is 3.84. The summed E-state index contributed by atoms with van der Waals surface area (Å²) in [5.74, 6) is -0.845. The summed E-state index contributed by atoms with van der Waals surface area (Å²) in [4.78, 5) is 23.7. The average Bonchev–Trinajstić information content (AvgIpc) is 2.77. The van der Waals surface area contributed by atoms with Gasteiger partial charge in [-0.2, -0.15) is 0 Å². The van der Waals surface area contributed by atoms with Gasteiger partial charge in [0.1, 0.15) is 11.9 Å². The zero-order valence-corrected chi connectivity index (χ0v) is 19.0. The van der Waals surface area contributed by atoms with E-state index in [-0.39, 0.29) is 5.75 Å². The van der Waals surface area contributed by atoms with Crippen LogP contribution in [0.1, 0.15) is 43.9 Å². The number of aromatic hydroxyl groups is 1. The topological polar surface area (TPSA) is 95.9 Å². The molecule has 1 atom stereocenters. The summed E-state index contributed by atoms with van der Waals surface area (Å²) in [5, 5.41) is 23.4. The predicted molar refractivity (Wildman–Crippen MR) is 129 cm³/mol. The van der Waals surface area contributed by atoms with Gasteiger partial charge in [-0.1, -0.05) is 68.0 Å². The fraction of sp³-hybridized carbons (Fsp3) is 0.259. The number of allylic oxidation sites excluding steroid dienone is 1. The Hall–Kier alpha value is -3.80. The van der Waals surface area contributed by atoms with Crippen LogP contribution < -0.4 is 5.32 Å². The number of benzene rings is 3. The highest BCUT2D eigenvalue weighted by molar-refractivity contribution is 5.91. The molecule has 6 heteroatoms. The van der Waals surface area contributed by atoms with Gasteiger partial charge in [0, 0.05) is 28.1 Å². The molecule has 0 aliphatic heterocycles. The number of carbonyl (C=O) groups is 2. The lowest BCUT2D eigenvalue weighted by molar-refractivity contribution is -0.131. The first-order chi connectivity index (χ1) is 15.7. The molecule has 0 bridgehead atoms. The first kappa shape index (κ1) is 23.9. The molecule has 0 radical (unpaired) electrons. The van der Waals surface area contributed by atoms with Gasteiger partial charge in [0.15, 0.2) is 0 Å². The molecule has 0 saturated heterocycles. The number of nitrogens with one attached hydrogen (secondary N) is 1. The SMILES string of the molecule is Cc1ccc(NC(=O)O[C@H](c2ccc(O)c3ccccc23)C(C)(C)CC/C=C/C(=O)O)cc1. The second-order valence-corrected chi connectivity index (χ2v) is 8.76. The van der Waals surface area contributed by atoms with E-state index in [2.05, 4.69) is 5.32 Å². The van der Waals surface area contributed by atoms with E-state index in [0.29, 0.717) is 23.9 Å². The number of carbonyl (C=O) groups excluding carboxylic acids is 1. The summed E-state index contributed by atoms with van der Waals surface area (Å²) in [5.41, 5.74) is 1.95. The molecule has 0 aliphatic carbocycles. The number of carboxylic acids is 1. The highest BCUT2D eigenvalue weighted by atomic mass is 16.6. The molecule has 0 spiro atoms. The third-order valence-corrected chi connectivity index (χ3v) is 5.67. The quantitative estimate of drug-likeness (QED) is 0.339. The number of phenols is 1. The normalized spacial score (nSPS) is 12.6. The van der Waals surface area contributed by atoms with Crippen molar-refractivity contribution in [2.45, 2.75) is 39.7 Å². The summed E-state index contributed by atoms with van der Waals surface area (Å²) in [6.45, 7) is 5.93. The van der Waals surface area contributed by atoms with Gasteiger partial charge in [0.25, 0.3) is 0 Å². The Kier molecular flexibility index (Phi) is 7.38. The molecule has 0 heterocycles. The van der Waals surface area contributed by atoms with Crippen LogP contribution in [0.2, 0.25) is 0 Å². The van der Waals surface area contributed by atoms with Gasteiger partial charge in [0.2, 0.25) is 0 Å². The van der Waals surface area contributed by atoms with Crippen LogP contribution in [0.4, 0.5) is 10.5 Å². The maximum atomic E-state index is 12.9. The van der Waals surface area contributed by atoms with Crippen LogP contribution in [-0.4, -0.2) is 22.3 Å². The van der Waals surface area contributed by atoms with Crippen molar-refractivity contribution in [2.24, 2.45) is 5.41 Å². The molecular weight excluding hydrogens is 418 g/mol. The Balaban J connectivity index is 1.94. The van der Waals surface area contributed by atoms with E-state index in [1.807, 2.05) is 69.3 Å². The molecule has 3 rings (SSSR count). The molecule has 3 aromatic rings. The number of anilines is 1. The summed E-state index contributed by atoms with van der Waals surface area (Å²) in [7, 11) is 0. The minimum Gasteiger partial charge on any atom is -0.507 e. The van der Waals surface area contributed by atoms with E-state index in [4.69, 9.17) is 9.84 Å². The van der Waals surface area contributed by atoms with Gasteiger partial charge < -0.3 is 14.9 Å². The molecule has 0 saturated carbocycles. The minimum atomic E-state index is -0.998. The monoisotopic (exact) mass is 447 g/mol. The third-order valence-electron chi connectivity index (χ3n) is 5.67. The van der Waals surface area contributed by atoms with Crippen molar-refractivity contribution in [1.29, 1.82) is 0 Å². The number of rotatable bonds is 8. The zero-order chi connectivity index (χ0) is 24.0. The minimum absolute atomic E-state index is 0.152. The van der Waals surface area contributed by atoms with Crippen molar-refractivity contribution < 1.29 is 24.5 Å². The fourth-order valence-corrected chi connectivity index (χ4v) is 3.84. The van der Waals surface area contributed by atoms with E-state index in [9.17, 15) is 14.7 Å². The Labute approximate surface area is 193 Å². The number of hydrogen-bond donors (Lipinski definition) is 3. The molecule has 0 aliphatic rings. The van der Waals surface area contributed by atoms with E-state index >= 15 is 0 Å². The number of carboxylic acid groups (broad SMARTS) is 1. The Morgan fingerprint density at radius 3 is 2.36 bits per heavy atom. The second kappa shape index (κ2) is 10.2. The number of aliphatic carboxylic acids is 1. The maximum Gasteiger partial charge on any atom is 0.412 e. The van der Waals surface area contributed by atoms with E-state index in [0.717, 1.165) is 22.6 Å². The van der Waals surface area contributed by atoms with Crippen LogP contribution in [-0.2, 0) is 9.53 Å². The summed E-state index contributed by atoms with van der Waals surface area (Å²) < 4.78 is 5.99. The highest BCUT2D eigenvalue weighted by Gasteiger charge is 2.35. The van der Waals surface area contributed by atoms with Gasteiger partial charge in [-0.25, -0.2) is 9.59 Å². The molecule has 6 nitrogen and oxygen atoms in total. The van der Waals surface area contributed by atoms with Crippen LogP contribution in [0, 0.1) is 12.3 Å². The summed E-state index contributed by atoms with van der Waals surface area (Å²) >= 11 is 0. The molecule has 3 N–H and O–H groups in total. The second-order valence-electron chi connectivity index (χ2n) is 8.76. The lowest BCUT2D eigenvalue weighted by Gasteiger charge is -2.35. The van der Waals surface area contributed by atoms with Crippen LogP contribution in [0.3, 0.4) is 0 Å². The number of hydrogen-bond acceptors (Lipinski definition) is 4. The molecule has 1 amide bonds.